The topological polar surface area (TPSA) is 65.8 Å². The first-order valence-electron chi connectivity index (χ1n) is 8.94. The molecule has 2 aromatic rings. The summed E-state index contributed by atoms with van der Waals surface area (Å²) in [4.78, 5) is 28.6. The molecule has 2 aliphatic rings. The van der Waals surface area contributed by atoms with Crippen molar-refractivity contribution >= 4 is 17.5 Å². The summed E-state index contributed by atoms with van der Waals surface area (Å²) in [7, 11) is 3.36. The minimum atomic E-state index is -0.447. The van der Waals surface area contributed by atoms with Gasteiger partial charge in [-0.3, -0.25) is 9.59 Å². The summed E-state index contributed by atoms with van der Waals surface area (Å²) in [5.41, 5.74) is 1.35. The number of para-hydroxylation sites is 1. The summed E-state index contributed by atoms with van der Waals surface area (Å²) in [6.07, 6.45) is 0.689. The summed E-state index contributed by atoms with van der Waals surface area (Å²) >= 11 is 0. The normalized spacial score (nSPS) is 24.4. The van der Waals surface area contributed by atoms with Crippen LogP contribution in [0, 0.1) is 5.92 Å². The van der Waals surface area contributed by atoms with Gasteiger partial charge in [0.15, 0.2) is 6.17 Å². The Labute approximate surface area is 152 Å². The summed E-state index contributed by atoms with van der Waals surface area (Å²) in [5.74, 6) is 2.57. The summed E-state index contributed by atoms with van der Waals surface area (Å²) < 4.78 is 6.13. The van der Waals surface area contributed by atoms with Crippen LogP contribution in [0.1, 0.15) is 47.3 Å². The Hall–Kier alpha value is -2.76. The molecule has 1 saturated carbocycles. The van der Waals surface area contributed by atoms with Gasteiger partial charge in [-0.05, 0) is 36.6 Å². The molecule has 6 heteroatoms. The van der Waals surface area contributed by atoms with E-state index in [4.69, 9.17) is 4.42 Å². The van der Waals surface area contributed by atoms with E-state index < -0.39 is 6.17 Å². The molecule has 2 amide bonds. The highest BCUT2D eigenvalue weighted by molar-refractivity contribution is 6.02. The first kappa shape index (κ1) is 16.7. The number of anilines is 1. The van der Waals surface area contributed by atoms with Crippen LogP contribution in [0.5, 0.6) is 0 Å². The Morgan fingerprint density at radius 2 is 1.92 bits per heavy atom. The molecule has 6 nitrogen and oxygen atoms in total. The van der Waals surface area contributed by atoms with E-state index in [-0.39, 0.29) is 18.4 Å². The third-order valence-corrected chi connectivity index (χ3v) is 5.40. The lowest BCUT2D eigenvalue weighted by molar-refractivity contribution is -0.119. The minimum Gasteiger partial charge on any atom is -0.462 e. The molecule has 1 aliphatic carbocycles. The van der Waals surface area contributed by atoms with E-state index in [9.17, 15) is 9.59 Å². The van der Waals surface area contributed by atoms with Crippen LogP contribution in [0.25, 0.3) is 0 Å². The molecule has 1 aliphatic heterocycles. The van der Waals surface area contributed by atoms with E-state index in [1.807, 2.05) is 35.2 Å². The molecule has 2 heterocycles. The van der Waals surface area contributed by atoms with Crippen LogP contribution in [0.15, 0.2) is 40.8 Å². The highest BCUT2D eigenvalue weighted by Crippen LogP contribution is 2.48. The molecular formula is C20H23N3O3. The predicted octanol–water partition coefficient (Wildman–Crippen LogP) is 2.74. The molecule has 0 bridgehead atoms. The number of hydrogen-bond donors (Lipinski definition) is 1. The number of carbonyl (C=O) groups excluding carboxylic acids is 2. The van der Waals surface area contributed by atoms with Crippen LogP contribution in [-0.2, 0) is 4.79 Å². The molecule has 0 radical (unpaired) electrons. The standard InChI is InChI=1S/C20H23N3O3/c1-12-10-14(12)16-8-9-17(26-16)19-22(3)20(25)13-6-4-5-7-15(13)23(19)11-18(24)21-2/h4-9,12,14,19H,10-11H2,1-3H3,(H,21,24)/t12-,14-,19+/m1/s1. The predicted molar refractivity (Wildman–Crippen MR) is 97.9 cm³/mol. The number of nitrogens with zero attached hydrogens (tertiary/aromatic N) is 2. The van der Waals surface area contributed by atoms with E-state index in [2.05, 4.69) is 12.2 Å². The number of benzene rings is 1. The van der Waals surface area contributed by atoms with Crippen molar-refractivity contribution in [1.29, 1.82) is 0 Å². The third kappa shape index (κ3) is 2.66. The molecule has 136 valence electrons. The maximum atomic E-state index is 12.9. The molecule has 3 atom stereocenters. The maximum absolute atomic E-state index is 12.9. The molecule has 26 heavy (non-hydrogen) atoms. The fraction of sp³-hybridized carbons (Fsp3) is 0.400. The Kier molecular flexibility index (Phi) is 3.98. The number of nitrogens with one attached hydrogen (secondary N) is 1. The Morgan fingerprint density at radius 1 is 1.23 bits per heavy atom. The molecule has 1 aromatic carbocycles. The second-order valence-electron chi connectivity index (χ2n) is 7.17. The minimum absolute atomic E-state index is 0.0727. The van der Waals surface area contributed by atoms with Crippen LogP contribution in [0.4, 0.5) is 5.69 Å². The van der Waals surface area contributed by atoms with Crippen LogP contribution >= 0.6 is 0 Å². The zero-order valence-corrected chi connectivity index (χ0v) is 15.2. The fourth-order valence-electron chi connectivity index (χ4n) is 3.72. The monoisotopic (exact) mass is 353 g/mol. The van der Waals surface area contributed by atoms with Gasteiger partial charge in [-0.2, -0.15) is 0 Å². The molecular weight excluding hydrogens is 330 g/mol. The lowest BCUT2D eigenvalue weighted by Gasteiger charge is -2.42. The lowest BCUT2D eigenvalue weighted by Crippen LogP contribution is -2.50. The highest BCUT2D eigenvalue weighted by atomic mass is 16.3. The first-order valence-corrected chi connectivity index (χ1v) is 8.94. The van der Waals surface area contributed by atoms with Crippen LogP contribution in [-0.4, -0.2) is 37.4 Å². The quantitative estimate of drug-likeness (QED) is 0.918. The van der Waals surface area contributed by atoms with Gasteiger partial charge in [0, 0.05) is 20.0 Å². The number of amides is 2. The zero-order chi connectivity index (χ0) is 18.4. The molecule has 0 saturated heterocycles. The van der Waals surface area contributed by atoms with E-state index in [0.29, 0.717) is 23.2 Å². The van der Waals surface area contributed by atoms with E-state index in [1.165, 1.54) is 0 Å². The number of hydrogen-bond acceptors (Lipinski definition) is 4. The second kappa shape index (κ2) is 6.20. The van der Waals surface area contributed by atoms with Crippen molar-refractivity contribution in [3.63, 3.8) is 0 Å². The molecule has 1 aromatic heterocycles. The van der Waals surface area contributed by atoms with Crippen molar-refractivity contribution in [1.82, 2.24) is 10.2 Å². The van der Waals surface area contributed by atoms with Gasteiger partial charge >= 0.3 is 0 Å². The van der Waals surface area contributed by atoms with Gasteiger partial charge in [-0.1, -0.05) is 19.1 Å². The van der Waals surface area contributed by atoms with Crippen LogP contribution in [0.2, 0.25) is 0 Å². The van der Waals surface area contributed by atoms with Crippen molar-refractivity contribution in [3.05, 3.63) is 53.5 Å². The van der Waals surface area contributed by atoms with Crippen molar-refractivity contribution in [2.24, 2.45) is 5.92 Å². The van der Waals surface area contributed by atoms with Gasteiger partial charge < -0.3 is 19.5 Å². The van der Waals surface area contributed by atoms with Crippen molar-refractivity contribution in [2.75, 3.05) is 25.5 Å². The van der Waals surface area contributed by atoms with Crippen LogP contribution in [0.3, 0.4) is 0 Å². The van der Waals surface area contributed by atoms with Crippen molar-refractivity contribution in [3.8, 4) is 0 Å². The smallest absolute Gasteiger partial charge is 0.257 e. The Morgan fingerprint density at radius 3 is 2.62 bits per heavy atom. The average Bonchev–Trinajstić information content (AvgIpc) is 3.18. The number of rotatable bonds is 4. The van der Waals surface area contributed by atoms with Crippen molar-refractivity contribution < 1.29 is 14.0 Å². The van der Waals surface area contributed by atoms with Gasteiger partial charge in [0.2, 0.25) is 5.91 Å². The van der Waals surface area contributed by atoms with Gasteiger partial charge in [0.1, 0.15) is 11.5 Å². The number of likely N-dealkylation sites (N-methyl/N-ethyl adjacent to an activating group) is 1. The van der Waals surface area contributed by atoms with Gasteiger partial charge in [0.05, 0.1) is 17.8 Å². The average molecular weight is 353 g/mol. The largest absolute Gasteiger partial charge is 0.462 e. The lowest BCUT2D eigenvalue weighted by atomic mass is 10.0. The van der Waals surface area contributed by atoms with E-state index in [0.717, 1.165) is 17.9 Å². The molecule has 1 N–H and O–H groups in total. The second-order valence-corrected chi connectivity index (χ2v) is 7.17. The van der Waals surface area contributed by atoms with Crippen molar-refractivity contribution in [2.45, 2.75) is 25.4 Å². The number of furan rings is 1. The van der Waals surface area contributed by atoms with Gasteiger partial charge in [-0.15, -0.1) is 0 Å². The summed E-state index contributed by atoms with van der Waals surface area (Å²) in [6.45, 7) is 2.35. The third-order valence-electron chi connectivity index (χ3n) is 5.40. The summed E-state index contributed by atoms with van der Waals surface area (Å²) in [5, 5.41) is 2.67. The first-order chi connectivity index (χ1) is 12.5. The fourth-order valence-corrected chi connectivity index (χ4v) is 3.72. The number of carbonyl (C=O) groups is 2. The van der Waals surface area contributed by atoms with Gasteiger partial charge in [0.25, 0.3) is 5.91 Å². The molecule has 0 unspecified atom stereocenters. The zero-order valence-electron chi connectivity index (χ0n) is 15.2. The maximum Gasteiger partial charge on any atom is 0.257 e. The van der Waals surface area contributed by atoms with E-state index in [1.54, 1.807) is 25.1 Å². The van der Waals surface area contributed by atoms with E-state index >= 15 is 0 Å². The van der Waals surface area contributed by atoms with Crippen LogP contribution < -0.4 is 10.2 Å². The SMILES string of the molecule is CNC(=O)CN1c2ccccc2C(=O)N(C)[C@@H]1c1ccc([C@@H]2C[C@H]2C)o1. The molecule has 1 fully saturated rings. The summed E-state index contributed by atoms with van der Waals surface area (Å²) in [6, 6.07) is 11.3. The molecule has 0 spiro atoms. The highest BCUT2D eigenvalue weighted by Gasteiger charge is 2.41. The molecule has 4 rings (SSSR count). The Balaban J connectivity index is 1.76. The number of fused-ring (bicyclic) bond motifs is 1. The Bertz CT molecular complexity index is 859. The van der Waals surface area contributed by atoms with Gasteiger partial charge in [-0.25, -0.2) is 0 Å².